The van der Waals surface area contributed by atoms with Gasteiger partial charge in [0.2, 0.25) is 5.91 Å². The van der Waals surface area contributed by atoms with Crippen molar-refractivity contribution >= 4 is 70.7 Å². The second-order valence-corrected chi connectivity index (χ2v) is 7.54. The summed E-state index contributed by atoms with van der Waals surface area (Å²) in [6, 6.07) is 6.91. The van der Waals surface area contributed by atoms with Gasteiger partial charge in [-0.05, 0) is 46.7 Å². The maximum Gasteiger partial charge on any atom is 0.239 e. The van der Waals surface area contributed by atoms with E-state index in [-0.39, 0.29) is 30.7 Å². The molecule has 3 rings (SSSR count). The lowest BCUT2D eigenvalue weighted by molar-refractivity contribution is -0.132. The standard InChI is InChI=1S/C17H19ClIN5O.2ClH/c18-13-3-1-12(2-4-13)9-15(20)17(25)24-7-5-23(6-8-24)16-14(19)10-21-11-22-16;;/h1-4,10-11,15H,5-9,20H2;2*1H. The molecule has 2 heterocycles. The predicted octanol–water partition coefficient (Wildman–Crippen LogP) is 2.80. The number of anilines is 1. The zero-order valence-electron chi connectivity index (χ0n) is 14.4. The highest BCUT2D eigenvalue weighted by Crippen LogP contribution is 2.20. The lowest BCUT2D eigenvalue weighted by atomic mass is 10.1. The maximum atomic E-state index is 12.6. The average molecular weight is 545 g/mol. The third kappa shape index (κ3) is 6.32. The number of piperazine rings is 1. The summed E-state index contributed by atoms with van der Waals surface area (Å²) < 4.78 is 1.01. The molecule has 6 nitrogen and oxygen atoms in total. The highest BCUT2D eigenvalue weighted by atomic mass is 127. The van der Waals surface area contributed by atoms with E-state index in [1.54, 1.807) is 12.5 Å². The normalized spacial score (nSPS) is 14.8. The summed E-state index contributed by atoms with van der Waals surface area (Å²) in [7, 11) is 0. The molecule has 1 aromatic carbocycles. The number of carbonyl (C=O) groups excluding carboxylic acids is 1. The molecule has 0 bridgehead atoms. The number of amides is 1. The van der Waals surface area contributed by atoms with Crippen molar-refractivity contribution in [3.63, 3.8) is 0 Å². The smallest absolute Gasteiger partial charge is 0.239 e. The molecule has 1 saturated heterocycles. The Morgan fingerprint density at radius 1 is 1.19 bits per heavy atom. The number of benzene rings is 1. The van der Waals surface area contributed by atoms with Gasteiger partial charge in [-0.3, -0.25) is 4.79 Å². The minimum Gasteiger partial charge on any atom is -0.352 e. The molecular weight excluding hydrogens is 523 g/mol. The van der Waals surface area contributed by atoms with E-state index in [4.69, 9.17) is 17.3 Å². The van der Waals surface area contributed by atoms with Crippen LogP contribution in [0.2, 0.25) is 5.02 Å². The van der Waals surface area contributed by atoms with Gasteiger partial charge < -0.3 is 15.5 Å². The van der Waals surface area contributed by atoms with Crippen molar-refractivity contribution in [1.29, 1.82) is 0 Å². The van der Waals surface area contributed by atoms with Gasteiger partial charge in [0.25, 0.3) is 0 Å². The molecule has 1 amide bonds. The zero-order chi connectivity index (χ0) is 17.8. The Balaban J connectivity index is 0.00000182. The number of nitrogens with two attached hydrogens (primary N) is 1. The molecule has 10 heteroatoms. The maximum absolute atomic E-state index is 12.6. The Morgan fingerprint density at radius 3 is 2.41 bits per heavy atom. The molecular formula is C17H21Cl3IN5O. The van der Waals surface area contributed by atoms with Crippen molar-refractivity contribution in [1.82, 2.24) is 14.9 Å². The largest absolute Gasteiger partial charge is 0.352 e. The first kappa shape index (κ1) is 24.2. The number of rotatable bonds is 4. The quantitative estimate of drug-likeness (QED) is 0.600. The minimum absolute atomic E-state index is 0. The van der Waals surface area contributed by atoms with Crippen LogP contribution in [-0.2, 0) is 11.2 Å². The number of carbonyl (C=O) groups is 1. The molecule has 1 fully saturated rings. The van der Waals surface area contributed by atoms with Gasteiger partial charge in [0.1, 0.15) is 12.1 Å². The van der Waals surface area contributed by atoms with Crippen molar-refractivity contribution in [2.45, 2.75) is 12.5 Å². The summed E-state index contributed by atoms with van der Waals surface area (Å²) in [6.45, 7) is 2.78. The van der Waals surface area contributed by atoms with E-state index in [1.165, 1.54) is 0 Å². The summed E-state index contributed by atoms with van der Waals surface area (Å²) in [5, 5.41) is 0.680. The summed E-state index contributed by atoms with van der Waals surface area (Å²) in [5.41, 5.74) is 7.14. The van der Waals surface area contributed by atoms with Crippen molar-refractivity contribution in [2.24, 2.45) is 5.73 Å². The fourth-order valence-corrected chi connectivity index (χ4v) is 3.64. The van der Waals surface area contributed by atoms with Crippen LogP contribution in [0.15, 0.2) is 36.8 Å². The van der Waals surface area contributed by atoms with Gasteiger partial charge in [0.15, 0.2) is 0 Å². The van der Waals surface area contributed by atoms with Gasteiger partial charge >= 0.3 is 0 Å². The number of halogens is 4. The number of hydrogen-bond acceptors (Lipinski definition) is 5. The Morgan fingerprint density at radius 2 is 1.81 bits per heavy atom. The van der Waals surface area contributed by atoms with Crippen molar-refractivity contribution in [3.05, 3.63) is 50.9 Å². The molecule has 0 radical (unpaired) electrons. The van der Waals surface area contributed by atoms with E-state index in [9.17, 15) is 4.79 Å². The average Bonchev–Trinajstić information content (AvgIpc) is 2.63. The van der Waals surface area contributed by atoms with Gasteiger partial charge in [-0.2, -0.15) is 0 Å². The minimum atomic E-state index is -0.535. The van der Waals surface area contributed by atoms with E-state index in [0.717, 1.165) is 28.0 Å². The van der Waals surface area contributed by atoms with Gasteiger partial charge in [-0.25, -0.2) is 9.97 Å². The van der Waals surface area contributed by atoms with Crippen molar-refractivity contribution in [3.8, 4) is 0 Å². The van der Waals surface area contributed by atoms with Crippen LogP contribution in [0.3, 0.4) is 0 Å². The summed E-state index contributed by atoms with van der Waals surface area (Å²) in [6.07, 6.45) is 3.86. The first-order valence-electron chi connectivity index (χ1n) is 8.04. The molecule has 27 heavy (non-hydrogen) atoms. The van der Waals surface area contributed by atoms with Crippen molar-refractivity contribution in [2.75, 3.05) is 31.1 Å². The van der Waals surface area contributed by atoms with Crippen LogP contribution < -0.4 is 10.6 Å². The Kier molecular flexibility index (Phi) is 10.0. The summed E-state index contributed by atoms with van der Waals surface area (Å²) in [5.74, 6) is 0.917. The second kappa shape index (κ2) is 11.2. The van der Waals surface area contributed by atoms with E-state index < -0.39 is 6.04 Å². The lowest BCUT2D eigenvalue weighted by Gasteiger charge is -2.36. The molecule has 2 N–H and O–H groups in total. The fraction of sp³-hybridized carbons (Fsp3) is 0.353. The van der Waals surface area contributed by atoms with Crippen LogP contribution in [0.4, 0.5) is 5.82 Å². The monoisotopic (exact) mass is 543 g/mol. The molecule has 1 aliphatic rings. The highest BCUT2D eigenvalue weighted by Gasteiger charge is 2.26. The Hall–Kier alpha value is -0.870. The number of aromatic nitrogens is 2. The second-order valence-electron chi connectivity index (χ2n) is 5.94. The summed E-state index contributed by atoms with van der Waals surface area (Å²) >= 11 is 8.12. The number of nitrogens with zero attached hydrogens (tertiary/aromatic N) is 4. The molecule has 0 aliphatic carbocycles. The molecule has 1 unspecified atom stereocenters. The Labute approximate surface area is 189 Å². The molecule has 0 saturated carbocycles. The van der Waals surface area contributed by atoms with Crippen molar-refractivity contribution < 1.29 is 4.79 Å². The first-order valence-corrected chi connectivity index (χ1v) is 9.49. The molecule has 148 valence electrons. The Bertz CT molecular complexity index is 742. The van der Waals surface area contributed by atoms with E-state index in [2.05, 4.69) is 37.5 Å². The molecule has 1 aromatic heterocycles. The van der Waals surface area contributed by atoms with Crippen LogP contribution in [0, 0.1) is 3.57 Å². The SMILES string of the molecule is Cl.Cl.NC(Cc1ccc(Cl)cc1)C(=O)N1CCN(c2ncncc2I)CC1. The van der Waals surface area contributed by atoms with Gasteiger partial charge in [-0.1, -0.05) is 23.7 Å². The van der Waals surface area contributed by atoms with Gasteiger partial charge in [-0.15, -0.1) is 24.8 Å². The molecule has 1 aliphatic heterocycles. The predicted molar refractivity (Wildman–Crippen MR) is 121 cm³/mol. The third-order valence-electron chi connectivity index (χ3n) is 4.23. The molecule has 2 aromatic rings. The number of hydrogen-bond donors (Lipinski definition) is 1. The highest BCUT2D eigenvalue weighted by molar-refractivity contribution is 14.1. The van der Waals surface area contributed by atoms with E-state index in [1.807, 2.05) is 29.2 Å². The van der Waals surface area contributed by atoms with E-state index in [0.29, 0.717) is 24.5 Å². The van der Waals surface area contributed by atoms with Crippen LogP contribution in [0.5, 0.6) is 0 Å². The first-order chi connectivity index (χ1) is 12.0. The molecule has 1 atom stereocenters. The van der Waals surface area contributed by atoms with Crippen LogP contribution in [-0.4, -0.2) is 53.0 Å². The molecule has 0 spiro atoms. The topological polar surface area (TPSA) is 75.4 Å². The fourth-order valence-electron chi connectivity index (χ4n) is 2.87. The van der Waals surface area contributed by atoms with Gasteiger partial charge in [0.05, 0.1) is 9.61 Å². The van der Waals surface area contributed by atoms with E-state index >= 15 is 0 Å². The van der Waals surface area contributed by atoms with Gasteiger partial charge in [0, 0.05) is 37.4 Å². The third-order valence-corrected chi connectivity index (χ3v) is 5.24. The lowest BCUT2D eigenvalue weighted by Crippen LogP contribution is -2.54. The van der Waals surface area contributed by atoms with Crippen LogP contribution in [0.1, 0.15) is 5.56 Å². The van der Waals surface area contributed by atoms with Crippen LogP contribution in [0.25, 0.3) is 0 Å². The van der Waals surface area contributed by atoms with Crippen LogP contribution >= 0.6 is 59.0 Å². The zero-order valence-corrected chi connectivity index (χ0v) is 19.0. The summed E-state index contributed by atoms with van der Waals surface area (Å²) in [4.78, 5) is 25.0.